The van der Waals surface area contributed by atoms with Crippen LogP contribution in [0.15, 0.2) is 59.8 Å². The molecule has 1 aromatic heterocycles. The minimum absolute atomic E-state index is 0.0682. The highest BCUT2D eigenvalue weighted by molar-refractivity contribution is 7.17. The number of rotatable bonds is 8. The number of amides is 2. The van der Waals surface area contributed by atoms with Crippen molar-refractivity contribution < 1.29 is 32.4 Å². The van der Waals surface area contributed by atoms with E-state index in [2.05, 4.69) is 15.8 Å². The number of alkyl halides is 3. The van der Waals surface area contributed by atoms with Gasteiger partial charge in [0, 0.05) is 16.1 Å². The summed E-state index contributed by atoms with van der Waals surface area (Å²) in [7, 11) is 0. The number of fused-ring (bicyclic) bond motifs is 1. The molecule has 37 heavy (non-hydrogen) atoms. The van der Waals surface area contributed by atoms with Crippen molar-refractivity contribution in [1.82, 2.24) is 0 Å². The average molecular weight is 530 g/mol. The van der Waals surface area contributed by atoms with Crippen molar-refractivity contribution in [2.45, 2.75) is 31.9 Å². The summed E-state index contributed by atoms with van der Waals surface area (Å²) in [5.41, 5.74) is 1.00. The number of oxime groups is 1. The van der Waals surface area contributed by atoms with Crippen molar-refractivity contribution in [3.63, 3.8) is 0 Å². The Morgan fingerprint density at radius 1 is 1.00 bits per heavy atom. The molecule has 192 valence electrons. The molecule has 1 aliphatic rings. The van der Waals surface area contributed by atoms with Gasteiger partial charge in [0.2, 0.25) is 0 Å². The number of halogens is 3. The van der Waals surface area contributed by atoms with E-state index in [-0.39, 0.29) is 11.5 Å². The summed E-state index contributed by atoms with van der Waals surface area (Å²) in [6.45, 7) is -0.533. The van der Waals surface area contributed by atoms with Crippen LogP contribution in [-0.2, 0) is 33.4 Å². The van der Waals surface area contributed by atoms with Gasteiger partial charge in [0.25, 0.3) is 11.8 Å². The number of aryl methyl sites for hydroxylation is 1. The van der Waals surface area contributed by atoms with Crippen LogP contribution in [0.4, 0.5) is 23.9 Å². The molecule has 1 aliphatic carbocycles. The number of anilines is 2. The maximum atomic E-state index is 13.2. The van der Waals surface area contributed by atoms with Crippen LogP contribution in [0.2, 0.25) is 0 Å². The van der Waals surface area contributed by atoms with Crippen molar-refractivity contribution in [3.05, 3.63) is 81.7 Å². The molecule has 0 radical (unpaired) electrons. The van der Waals surface area contributed by atoms with Gasteiger partial charge in [-0.1, -0.05) is 41.6 Å². The lowest BCUT2D eigenvalue weighted by Crippen LogP contribution is -2.19. The van der Waals surface area contributed by atoms with Gasteiger partial charge in [-0.2, -0.15) is 13.2 Å². The number of nitrogens with zero attached hydrogens (tertiary/aromatic N) is 1. The van der Waals surface area contributed by atoms with Crippen molar-refractivity contribution in [3.8, 4) is 0 Å². The maximum absolute atomic E-state index is 13.2. The van der Waals surface area contributed by atoms with Crippen molar-refractivity contribution in [2.75, 3.05) is 17.2 Å². The molecule has 0 saturated heterocycles. The second-order valence-electron chi connectivity index (χ2n) is 8.23. The Morgan fingerprint density at radius 2 is 1.76 bits per heavy atom. The van der Waals surface area contributed by atoms with Crippen LogP contribution in [0.25, 0.3) is 0 Å². The van der Waals surface area contributed by atoms with E-state index in [1.54, 1.807) is 24.3 Å². The van der Waals surface area contributed by atoms with E-state index in [0.717, 1.165) is 54.3 Å². The molecule has 0 aliphatic heterocycles. The first-order valence-electron chi connectivity index (χ1n) is 11.4. The van der Waals surface area contributed by atoms with Gasteiger partial charge in [0.1, 0.15) is 11.2 Å². The van der Waals surface area contributed by atoms with Crippen LogP contribution >= 0.6 is 11.3 Å². The van der Waals surface area contributed by atoms with Crippen molar-refractivity contribution in [1.29, 1.82) is 0 Å². The molecule has 7 nitrogen and oxygen atoms in total. The lowest BCUT2D eigenvalue weighted by Gasteiger charge is -2.12. The highest BCUT2D eigenvalue weighted by Gasteiger charge is 2.30. The van der Waals surface area contributed by atoms with Gasteiger partial charge in [-0.15, -0.1) is 11.3 Å². The van der Waals surface area contributed by atoms with Gasteiger partial charge in [-0.25, -0.2) is 0 Å². The van der Waals surface area contributed by atoms with Crippen LogP contribution in [0, 0.1) is 0 Å². The second kappa shape index (κ2) is 11.4. The minimum atomic E-state index is -4.54. The summed E-state index contributed by atoms with van der Waals surface area (Å²) in [6, 6.07) is 13.0. The third-order valence-corrected chi connectivity index (χ3v) is 6.79. The third-order valence-electron chi connectivity index (χ3n) is 5.58. The molecule has 0 bridgehead atoms. The summed E-state index contributed by atoms with van der Waals surface area (Å²) in [6.07, 6.45) is -0.253. The first kappa shape index (κ1) is 26.1. The number of hydrogen-bond acceptors (Lipinski definition) is 6. The lowest BCUT2D eigenvalue weighted by atomic mass is 9.92. The number of benzene rings is 2. The summed E-state index contributed by atoms with van der Waals surface area (Å²) in [4.78, 5) is 43.6. The Hall–Kier alpha value is -3.99. The van der Waals surface area contributed by atoms with Crippen LogP contribution in [0.1, 0.15) is 44.8 Å². The number of nitrogens with one attached hydrogen (secondary N) is 2. The van der Waals surface area contributed by atoms with Crippen LogP contribution in [-0.4, -0.2) is 30.4 Å². The Labute approximate surface area is 214 Å². The molecular weight excluding hydrogens is 507 g/mol. The first-order valence-corrected chi connectivity index (χ1v) is 12.2. The average Bonchev–Trinajstić information content (AvgIpc) is 3.24. The van der Waals surface area contributed by atoms with E-state index in [1.807, 2.05) is 6.07 Å². The number of ketones is 1. The van der Waals surface area contributed by atoms with Gasteiger partial charge >= 0.3 is 6.18 Å². The zero-order valence-electron chi connectivity index (χ0n) is 19.4. The van der Waals surface area contributed by atoms with E-state index in [1.165, 1.54) is 17.4 Å². The molecule has 0 fully saturated rings. The van der Waals surface area contributed by atoms with E-state index in [0.29, 0.717) is 22.3 Å². The molecule has 2 aromatic carbocycles. The summed E-state index contributed by atoms with van der Waals surface area (Å²) < 4.78 is 38.4. The molecule has 2 N–H and O–H groups in total. The van der Waals surface area contributed by atoms with Gasteiger partial charge in [0.05, 0.1) is 11.1 Å². The minimum Gasteiger partial charge on any atom is -0.385 e. The fourth-order valence-corrected chi connectivity index (χ4v) is 5.22. The molecule has 3 aromatic rings. The fourth-order valence-electron chi connectivity index (χ4n) is 3.92. The zero-order valence-corrected chi connectivity index (χ0v) is 20.2. The highest BCUT2D eigenvalue weighted by atomic mass is 32.1. The van der Waals surface area contributed by atoms with E-state index in [4.69, 9.17) is 4.84 Å². The Bertz CT molecular complexity index is 1340. The Balaban J connectivity index is 1.36. The third kappa shape index (κ3) is 6.62. The highest BCUT2D eigenvalue weighted by Crippen LogP contribution is 2.39. The lowest BCUT2D eigenvalue weighted by molar-refractivity contribution is -0.137. The molecule has 0 unspecified atom stereocenters. The van der Waals surface area contributed by atoms with E-state index in [9.17, 15) is 27.6 Å². The number of thiophene rings is 1. The Kier molecular flexibility index (Phi) is 8.02. The molecular formula is C26H22F3N3O4S. The molecule has 0 saturated carbocycles. The van der Waals surface area contributed by atoms with Crippen LogP contribution < -0.4 is 10.6 Å². The second-order valence-corrected chi connectivity index (χ2v) is 9.34. The quantitative estimate of drug-likeness (QED) is 0.230. The SMILES string of the molecule is O=C(C=NOCC(=O)Nc1sc2c(c1C(=O)c1ccccc1)CCCC2)Nc1cccc(C(F)(F)F)c1. The zero-order chi connectivity index (χ0) is 26.4. The standard InChI is InChI=1S/C26H22F3N3O4S/c27-26(28,29)17-9-6-10-18(13-17)31-21(33)14-30-36-15-22(34)32-25-23(19-11-4-5-12-20(19)37-25)24(35)16-7-2-1-3-8-16/h1-3,6-10,13-14H,4-5,11-12,15H2,(H,31,33)(H,32,34). The van der Waals surface area contributed by atoms with Gasteiger partial charge in [-0.05, 0) is 49.4 Å². The summed E-state index contributed by atoms with van der Waals surface area (Å²) in [5, 5.41) is 8.81. The van der Waals surface area contributed by atoms with E-state index >= 15 is 0 Å². The van der Waals surface area contributed by atoms with Crippen LogP contribution in [0.5, 0.6) is 0 Å². The van der Waals surface area contributed by atoms with Crippen LogP contribution in [0.3, 0.4) is 0 Å². The topological polar surface area (TPSA) is 96.9 Å². The first-order chi connectivity index (χ1) is 17.7. The van der Waals surface area contributed by atoms with Gasteiger partial charge in [-0.3, -0.25) is 14.4 Å². The normalized spacial score (nSPS) is 13.2. The molecule has 0 atom stereocenters. The molecule has 11 heteroatoms. The number of carbonyl (C=O) groups excluding carboxylic acids is 3. The number of hydrogen-bond donors (Lipinski definition) is 2. The molecule has 2 amide bonds. The molecule has 0 spiro atoms. The Morgan fingerprint density at radius 3 is 2.51 bits per heavy atom. The predicted octanol–water partition coefficient (Wildman–Crippen LogP) is 5.46. The largest absolute Gasteiger partial charge is 0.416 e. The fraction of sp³-hybridized carbons (Fsp3) is 0.231. The summed E-state index contributed by atoms with van der Waals surface area (Å²) in [5.74, 6) is -1.57. The monoisotopic (exact) mass is 529 g/mol. The van der Waals surface area contributed by atoms with Gasteiger partial charge < -0.3 is 15.5 Å². The van der Waals surface area contributed by atoms with E-state index < -0.39 is 30.2 Å². The van der Waals surface area contributed by atoms with Crippen molar-refractivity contribution in [2.24, 2.45) is 5.16 Å². The maximum Gasteiger partial charge on any atom is 0.416 e. The molecule has 4 rings (SSSR count). The number of carbonyl (C=O) groups is 3. The smallest absolute Gasteiger partial charge is 0.385 e. The molecule has 1 heterocycles. The van der Waals surface area contributed by atoms with Gasteiger partial charge in [0.15, 0.2) is 12.4 Å². The summed E-state index contributed by atoms with van der Waals surface area (Å²) >= 11 is 1.37. The predicted molar refractivity (Wildman–Crippen MR) is 134 cm³/mol. The van der Waals surface area contributed by atoms with Crippen molar-refractivity contribution >= 4 is 45.8 Å².